The Balaban J connectivity index is 1.31. The van der Waals surface area contributed by atoms with E-state index in [9.17, 15) is 24.3 Å². The number of Topliss-reactive ketones (excluding diaryl/α,β-unsaturated/α-hetero) is 2. The Morgan fingerprint density at radius 2 is 1.64 bits per heavy atom. The van der Waals surface area contributed by atoms with Crippen molar-refractivity contribution in [1.82, 2.24) is 14.9 Å². The van der Waals surface area contributed by atoms with Crippen molar-refractivity contribution in [3.63, 3.8) is 0 Å². The molecule has 0 spiro atoms. The number of nitrogens with zero attached hydrogens (tertiary/aromatic N) is 2. The minimum absolute atomic E-state index is 0.00137. The van der Waals surface area contributed by atoms with Crippen molar-refractivity contribution in [1.29, 1.82) is 0 Å². The summed E-state index contributed by atoms with van der Waals surface area (Å²) < 4.78 is 38.7. The molecule has 14 nitrogen and oxygen atoms in total. The second-order valence-corrected chi connectivity index (χ2v) is 28.3. The van der Waals surface area contributed by atoms with Crippen molar-refractivity contribution >= 4 is 31.8 Å². The van der Waals surface area contributed by atoms with Gasteiger partial charge in [0, 0.05) is 50.8 Å². The molecule has 2 aromatic rings. The van der Waals surface area contributed by atoms with E-state index in [1.54, 1.807) is 21.1 Å². The molecule has 13 unspecified atom stereocenters. The molecule has 15 heteroatoms. The molecule has 13 atom stereocenters. The number of nitrogens with one attached hydrogen (secondary N) is 1. The number of carbonyl (C=O) groups excluding carboxylic acids is 4. The number of carbonyl (C=O) groups is 4. The van der Waals surface area contributed by atoms with Gasteiger partial charge < -0.3 is 43.1 Å². The number of fused-ring (bicyclic) bond motifs is 3. The molecule has 3 aliphatic heterocycles. The molecule has 2 bridgehead atoms. The highest BCUT2D eigenvalue weighted by molar-refractivity contribution is 6.74. The van der Waals surface area contributed by atoms with Crippen LogP contribution < -0.4 is 0 Å². The molecular formula is C58H89N3O11Si. The highest BCUT2D eigenvalue weighted by atomic mass is 28.4. The quantitative estimate of drug-likeness (QED) is 0.0944. The first-order valence-electron chi connectivity index (χ1n) is 27.3. The van der Waals surface area contributed by atoms with E-state index < -0.39 is 68.1 Å². The van der Waals surface area contributed by atoms with E-state index in [0.717, 1.165) is 41.1 Å². The molecule has 1 saturated carbocycles. The maximum atomic E-state index is 14.7. The van der Waals surface area contributed by atoms with Crippen LogP contribution in [0, 0.1) is 29.6 Å². The van der Waals surface area contributed by atoms with Crippen LogP contribution in [-0.2, 0) is 53.9 Å². The zero-order valence-electron chi connectivity index (χ0n) is 46.4. The van der Waals surface area contributed by atoms with Gasteiger partial charge >= 0.3 is 5.97 Å². The minimum atomic E-state index is -2.48. The number of rotatable bonds is 11. The number of aromatic amines is 1. The van der Waals surface area contributed by atoms with Crippen molar-refractivity contribution in [3.8, 4) is 11.3 Å². The molecule has 4 heterocycles. The molecule has 4 aliphatic rings. The summed E-state index contributed by atoms with van der Waals surface area (Å²) in [6.45, 7) is 23.6. The third-order valence-corrected chi connectivity index (χ3v) is 21.3. The van der Waals surface area contributed by atoms with Crippen molar-refractivity contribution < 1.29 is 52.4 Å². The third kappa shape index (κ3) is 14.4. The smallest absolute Gasteiger partial charge is 0.329 e. The van der Waals surface area contributed by atoms with Gasteiger partial charge in [0.15, 0.2) is 8.32 Å². The van der Waals surface area contributed by atoms with E-state index in [4.69, 9.17) is 33.1 Å². The standard InChI is InChI=1S/C58H89N3O11Si/c1-14-42-29-36(2)28-37(3)30-49(67-10)53-50(68-11)32-40(6)58(66,71-53)54(63)55(64)61-27-19-18-22-45(61)56(65)70-52(38(4)23-25-46(42)62)39(5)31-41-24-26-47(72-73(12,13)57(7,8)9)48(33-41)69-35-51-59-34-44(60-51)43-20-16-15-17-21-43/h15-17,20-21,29,31,34,37-38,40-42,45,47-50,52-53,66H,14,18-19,22-28,30,32-33,35H2,1-13H3,(H,59,60)/b36-29+,39-31?. The molecule has 6 rings (SSSR count). The third-order valence-electron chi connectivity index (χ3n) is 16.8. The molecule has 2 saturated heterocycles. The molecule has 73 heavy (non-hydrogen) atoms. The molecule has 2 N–H and O–H groups in total. The van der Waals surface area contributed by atoms with Crippen LogP contribution in [0.1, 0.15) is 145 Å². The van der Waals surface area contributed by atoms with Crippen LogP contribution in [0.5, 0.6) is 0 Å². The van der Waals surface area contributed by atoms with Crippen molar-refractivity contribution in [3.05, 3.63) is 65.7 Å². The van der Waals surface area contributed by atoms with Crippen molar-refractivity contribution in [2.24, 2.45) is 29.6 Å². The molecule has 406 valence electrons. The summed E-state index contributed by atoms with van der Waals surface area (Å²) in [6, 6.07) is 8.97. The molecule has 1 aliphatic carbocycles. The van der Waals surface area contributed by atoms with Crippen LogP contribution in [-0.4, -0.2) is 121 Å². The number of esters is 1. The Hall–Kier alpha value is -3.83. The lowest BCUT2D eigenvalue weighted by Crippen LogP contribution is -2.64. The maximum absolute atomic E-state index is 14.7. The summed E-state index contributed by atoms with van der Waals surface area (Å²) in [5.41, 5.74) is 3.80. The van der Waals surface area contributed by atoms with Crippen LogP contribution in [0.15, 0.2) is 59.8 Å². The molecular weight excluding hydrogens is 943 g/mol. The monoisotopic (exact) mass is 1030 g/mol. The fourth-order valence-electron chi connectivity index (χ4n) is 11.4. The first-order chi connectivity index (χ1) is 34.5. The fourth-order valence-corrected chi connectivity index (χ4v) is 12.8. The summed E-state index contributed by atoms with van der Waals surface area (Å²) >= 11 is 0. The van der Waals surface area contributed by atoms with Crippen LogP contribution in [0.25, 0.3) is 11.3 Å². The van der Waals surface area contributed by atoms with Gasteiger partial charge in [-0.2, -0.15) is 0 Å². The zero-order valence-corrected chi connectivity index (χ0v) is 47.4. The molecule has 1 aromatic carbocycles. The van der Waals surface area contributed by atoms with Gasteiger partial charge in [0.05, 0.1) is 30.1 Å². The number of allylic oxidation sites excluding steroid dienone is 3. The lowest BCUT2D eigenvalue weighted by atomic mass is 9.82. The second kappa shape index (κ2) is 25.3. The number of H-pyrrole nitrogens is 1. The summed E-state index contributed by atoms with van der Waals surface area (Å²) in [5, 5.41) is 12.2. The first kappa shape index (κ1) is 58.4. The highest BCUT2D eigenvalue weighted by Crippen LogP contribution is 2.42. The van der Waals surface area contributed by atoms with Crippen molar-refractivity contribution in [2.75, 3.05) is 20.8 Å². The number of hydrogen-bond acceptors (Lipinski definition) is 12. The van der Waals surface area contributed by atoms with Crippen LogP contribution in [0.4, 0.5) is 0 Å². The number of methoxy groups -OCH3 is 2. The summed E-state index contributed by atoms with van der Waals surface area (Å²) in [6.07, 6.45) is 9.77. The summed E-state index contributed by atoms with van der Waals surface area (Å²) in [4.78, 5) is 67.3. The summed E-state index contributed by atoms with van der Waals surface area (Å²) in [5.74, 6) is -5.57. The van der Waals surface area contributed by atoms with Gasteiger partial charge in [0.2, 0.25) is 5.79 Å². The lowest BCUT2D eigenvalue weighted by Gasteiger charge is -2.47. The van der Waals surface area contributed by atoms with E-state index in [-0.39, 0.29) is 72.7 Å². The van der Waals surface area contributed by atoms with E-state index in [1.165, 1.54) is 4.90 Å². The van der Waals surface area contributed by atoms with E-state index in [0.29, 0.717) is 51.4 Å². The van der Waals surface area contributed by atoms with Gasteiger partial charge in [-0.05, 0) is 126 Å². The number of hydrogen-bond donors (Lipinski definition) is 2. The second-order valence-electron chi connectivity index (χ2n) is 23.6. The Bertz CT molecular complexity index is 2240. The Morgan fingerprint density at radius 3 is 2.32 bits per heavy atom. The van der Waals surface area contributed by atoms with E-state index in [1.807, 2.05) is 64.2 Å². The van der Waals surface area contributed by atoms with Gasteiger partial charge in [-0.1, -0.05) is 96.5 Å². The number of ketones is 2. The molecule has 0 radical (unpaired) electrons. The normalized spacial score (nSPS) is 34.1. The van der Waals surface area contributed by atoms with Gasteiger partial charge in [-0.25, -0.2) is 9.78 Å². The number of imidazole rings is 1. The first-order valence-corrected chi connectivity index (χ1v) is 30.2. The average Bonchev–Trinajstić information content (AvgIpc) is 3.84. The number of amides is 1. The molecule has 3 fully saturated rings. The minimum Gasteiger partial charge on any atom is -0.456 e. The van der Waals surface area contributed by atoms with Crippen LogP contribution in [0.2, 0.25) is 18.1 Å². The van der Waals surface area contributed by atoms with Gasteiger partial charge in [0.1, 0.15) is 36.5 Å². The Kier molecular flexibility index (Phi) is 20.3. The number of aliphatic hydroxyl groups is 1. The van der Waals surface area contributed by atoms with Crippen LogP contribution in [0.3, 0.4) is 0 Å². The van der Waals surface area contributed by atoms with Gasteiger partial charge in [-0.3, -0.25) is 14.4 Å². The maximum Gasteiger partial charge on any atom is 0.329 e. The summed E-state index contributed by atoms with van der Waals surface area (Å²) in [7, 11) is 0.939. The number of aromatic nitrogens is 2. The predicted octanol–water partition coefficient (Wildman–Crippen LogP) is 10.5. The molecule has 1 amide bonds. The van der Waals surface area contributed by atoms with Crippen molar-refractivity contribution in [2.45, 2.75) is 213 Å². The lowest BCUT2D eigenvalue weighted by molar-refractivity contribution is -0.302. The number of benzene rings is 1. The number of cyclic esters (lactones) is 1. The van der Waals surface area contributed by atoms with E-state index in [2.05, 4.69) is 57.9 Å². The van der Waals surface area contributed by atoms with Gasteiger partial charge in [0.25, 0.3) is 11.7 Å². The molecule has 1 aromatic heterocycles. The highest BCUT2D eigenvalue weighted by Gasteiger charge is 2.57. The average molecular weight is 1030 g/mol. The van der Waals surface area contributed by atoms with Gasteiger partial charge in [-0.15, -0.1) is 0 Å². The van der Waals surface area contributed by atoms with Crippen LogP contribution >= 0.6 is 0 Å². The SMILES string of the molecule is CCC1/C=C(\C)CC(C)CC(OC)C2OC(O)(C(=O)C(=O)N3CCCCC3C(=O)OC(C(C)=CC3CCC(O[Si](C)(C)C(C)(C)C)C(OCc4nc(-c5ccccc5)c[nH]4)C3)C(C)CCC1=O)C(C)CC2OC. The number of piperidine rings is 1. The largest absolute Gasteiger partial charge is 0.456 e. The zero-order chi connectivity index (χ0) is 53.4. The topological polar surface area (TPSA) is 176 Å². The Morgan fingerprint density at radius 1 is 0.945 bits per heavy atom. The van der Waals surface area contributed by atoms with E-state index >= 15 is 0 Å². The number of ether oxygens (including phenoxy) is 5. The Labute approximate surface area is 437 Å². The predicted molar refractivity (Wildman–Crippen MR) is 285 cm³/mol. The fraction of sp³-hybridized carbons (Fsp3) is 0.707.